The van der Waals surface area contributed by atoms with Crippen molar-refractivity contribution >= 4 is 29.7 Å². The van der Waals surface area contributed by atoms with Crippen LogP contribution in [0.4, 0.5) is 0 Å². The van der Waals surface area contributed by atoms with Gasteiger partial charge in [0.1, 0.15) is 0 Å². The van der Waals surface area contributed by atoms with Crippen LogP contribution in [0.3, 0.4) is 0 Å². The van der Waals surface area contributed by atoms with Gasteiger partial charge in [-0.2, -0.15) is 0 Å². The standard InChI is InChI=1S/C17H15ClN2O3/c18-15-7-1-4-13(12-15)5-2-10-20-11-3-6-14(17(20)22)8-9-16(21)19-23/h1-9,11-12,23H,10H2,(H,19,21)/b5-2+,9-8+. The summed E-state index contributed by atoms with van der Waals surface area (Å²) in [6.45, 7) is 0.388. The van der Waals surface area contributed by atoms with Gasteiger partial charge in [0.15, 0.2) is 0 Å². The predicted octanol–water partition coefficient (Wildman–Crippen LogP) is 2.73. The topological polar surface area (TPSA) is 71.3 Å². The second-order valence-electron chi connectivity index (χ2n) is 4.69. The van der Waals surface area contributed by atoms with Crippen molar-refractivity contribution in [2.75, 3.05) is 0 Å². The van der Waals surface area contributed by atoms with Crippen molar-refractivity contribution in [2.45, 2.75) is 6.54 Å². The quantitative estimate of drug-likeness (QED) is 0.503. The Hall–Kier alpha value is -2.63. The highest BCUT2D eigenvalue weighted by atomic mass is 35.5. The molecule has 23 heavy (non-hydrogen) atoms. The minimum absolute atomic E-state index is 0.231. The molecule has 0 saturated heterocycles. The molecule has 0 radical (unpaired) electrons. The maximum atomic E-state index is 12.2. The summed E-state index contributed by atoms with van der Waals surface area (Å²) in [7, 11) is 0. The average molecular weight is 331 g/mol. The number of nitrogens with one attached hydrogen (secondary N) is 1. The van der Waals surface area contributed by atoms with E-state index in [1.165, 1.54) is 16.1 Å². The van der Waals surface area contributed by atoms with E-state index in [1.54, 1.807) is 24.4 Å². The predicted molar refractivity (Wildman–Crippen MR) is 90.2 cm³/mol. The first-order valence-electron chi connectivity index (χ1n) is 6.84. The molecule has 6 heteroatoms. The lowest BCUT2D eigenvalue weighted by Gasteiger charge is -2.03. The maximum Gasteiger partial charge on any atom is 0.267 e. The number of hydroxylamine groups is 1. The maximum absolute atomic E-state index is 12.2. The van der Waals surface area contributed by atoms with E-state index < -0.39 is 5.91 Å². The number of nitrogens with zero attached hydrogens (tertiary/aromatic N) is 1. The Morgan fingerprint density at radius 1 is 1.26 bits per heavy atom. The largest absolute Gasteiger partial charge is 0.311 e. The Morgan fingerprint density at radius 3 is 2.83 bits per heavy atom. The molecule has 0 fully saturated rings. The Morgan fingerprint density at radius 2 is 2.09 bits per heavy atom. The molecule has 0 atom stereocenters. The van der Waals surface area contributed by atoms with Gasteiger partial charge < -0.3 is 4.57 Å². The van der Waals surface area contributed by atoms with E-state index in [2.05, 4.69) is 0 Å². The van der Waals surface area contributed by atoms with Gasteiger partial charge in [-0.1, -0.05) is 35.9 Å². The summed E-state index contributed by atoms with van der Waals surface area (Å²) in [6, 6.07) is 10.7. The third kappa shape index (κ3) is 4.95. The Labute approximate surface area is 138 Å². The number of allylic oxidation sites excluding steroid dienone is 1. The van der Waals surface area contributed by atoms with Crippen LogP contribution in [0.5, 0.6) is 0 Å². The van der Waals surface area contributed by atoms with Gasteiger partial charge in [0.05, 0.1) is 0 Å². The summed E-state index contributed by atoms with van der Waals surface area (Å²) in [5.74, 6) is -0.694. The minimum Gasteiger partial charge on any atom is -0.311 e. The van der Waals surface area contributed by atoms with Gasteiger partial charge in [-0.3, -0.25) is 14.8 Å². The van der Waals surface area contributed by atoms with Gasteiger partial charge in [-0.05, 0) is 35.9 Å². The van der Waals surface area contributed by atoms with Gasteiger partial charge in [0, 0.05) is 29.4 Å². The normalized spacial score (nSPS) is 11.2. The van der Waals surface area contributed by atoms with Crippen molar-refractivity contribution in [3.05, 3.63) is 81.3 Å². The highest BCUT2D eigenvalue weighted by Crippen LogP contribution is 2.11. The Kier molecular flexibility index (Phi) is 5.91. The van der Waals surface area contributed by atoms with E-state index in [-0.39, 0.29) is 5.56 Å². The summed E-state index contributed by atoms with van der Waals surface area (Å²) in [5, 5.41) is 9.08. The average Bonchev–Trinajstić information content (AvgIpc) is 2.55. The van der Waals surface area contributed by atoms with E-state index in [4.69, 9.17) is 16.8 Å². The second-order valence-corrected chi connectivity index (χ2v) is 5.12. The van der Waals surface area contributed by atoms with E-state index in [0.717, 1.165) is 11.6 Å². The van der Waals surface area contributed by atoms with Gasteiger partial charge in [-0.15, -0.1) is 0 Å². The van der Waals surface area contributed by atoms with Crippen LogP contribution in [-0.2, 0) is 11.3 Å². The smallest absolute Gasteiger partial charge is 0.267 e. The van der Waals surface area contributed by atoms with Gasteiger partial charge in [-0.25, -0.2) is 5.48 Å². The number of hydrogen-bond acceptors (Lipinski definition) is 3. The third-order valence-corrected chi connectivity index (χ3v) is 3.27. The first-order valence-corrected chi connectivity index (χ1v) is 7.21. The highest BCUT2D eigenvalue weighted by Gasteiger charge is 2.00. The van der Waals surface area contributed by atoms with Crippen molar-refractivity contribution in [3.63, 3.8) is 0 Å². The third-order valence-electron chi connectivity index (χ3n) is 3.04. The molecule has 2 N–H and O–H groups in total. The van der Waals surface area contributed by atoms with Crippen LogP contribution in [-0.4, -0.2) is 15.7 Å². The van der Waals surface area contributed by atoms with E-state index in [0.29, 0.717) is 17.1 Å². The molecule has 2 rings (SSSR count). The minimum atomic E-state index is -0.694. The van der Waals surface area contributed by atoms with Crippen molar-refractivity contribution < 1.29 is 10.0 Å². The molecule has 0 aliphatic heterocycles. The number of carbonyl (C=O) groups excluding carboxylic acids is 1. The molecule has 1 aromatic heterocycles. The molecular formula is C17H15ClN2O3. The monoisotopic (exact) mass is 330 g/mol. The zero-order valence-electron chi connectivity index (χ0n) is 12.1. The number of halogens is 1. The lowest BCUT2D eigenvalue weighted by atomic mass is 10.2. The van der Waals surface area contributed by atoms with Crippen LogP contribution in [0.25, 0.3) is 12.2 Å². The van der Waals surface area contributed by atoms with E-state index in [1.807, 2.05) is 30.4 Å². The summed E-state index contributed by atoms with van der Waals surface area (Å²) in [5.41, 5.74) is 2.54. The number of carbonyl (C=O) groups is 1. The number of aromatic nitrogens is 1. The first kappa shape index (κ1) is 16.7. The van der Waals surface area contributed by atoms with Crippen LogP contribution in [0.1, 0.15) is 11.1 Å². The molecule has 1 heterocycles. The fourth-order valence-electron chi connectivity index (χ4n) is 1.94. The van der Waals surface area contributed by atoms with Gasteiger partial charge >= 0.3 is 0 Å². The SMILES string of the molecule is O=C(/C=C/c1cccn(C/C=C/c2cccc(Cl)c2)c1=O)NO. The van der Waals surface area contributed by atoms with Crippen LogP contribution in [0.2, 0.25) is 5.02 Å². The van der Waals surface area contributed by atoms with Crippen molar-refractivity contribution in [2.24, 2.45) is 0 Å². The summed E-state index contributed by atoms with van der Waals surface area (Å²) >= 11 is 5.91. The summed E-state index contributed by atoms with van der Waals surface area (Å²) in [6.07, 6.45) is 7.82. The molecular weight excluding hydrogens is 316 g/mol. The van der Waals surface area contributed by atoms with Crippen LogP contribution < -0.4 is 11.0 Å². The number of rotatable bonds is 5. The fraction of sp³-hybridized carbons (Fsp3) is 0.0588. The molecule has 0 aliphatic rings. The Balaban J connectivity index is 2.13. The zero-order valence-corrected chi connectivity index (χ0v) is 12.9. The van der Waals surface area contributed by atoms with Crippen molar-refractivity contribution in [1.82, 2.24) is 10.0 Å². The lowest BCUT2D eigenvalue weighted by molar-refractivity contribution is -0.124. The zero-order chi connectivity index (χ0) is 16.7. The highest BCUT2D eigenvalue weighted by molar-refractivity contribution is 6.30. The molecule has 5 nitrogen and oxygen atoms in total. The van der Waals surface area contributed by atoms with E-state index in [9.17, 15) is 9.59 Å². The van der Waals surface area contributed by atoms with Gasteiger partial charge in [0.2, 0.25) is 0 Å². The molecule has 118 valence electrons. The molecule has 1 amide bonds. The first-order chi connectivity index (χ1) is 11.1. The number of amides is 1. The molecule has 0 aliphatic carbocycles. The Bertz CT molecular complexity index is 809. The summed E-state index contributed by atoms with van der Waals surface area (Å²) < 4.78 is 1.51. The van der Waals surface area contributed by atoms with Crippen LogP contribution in [0.15, 0.2) is 59.5 Å². The molecule has 1 aromatic carbocycles. The lowest BCUT2D eigenvalue weighted by Crippen LogP contribution is -2.21. The number of benzene rings is 1. The number of hydrogen-bond donors (Lipinski definition) is 2. The number of pyridine rings is 1. The second kappa shape index (κ2) is 8.12. The fourth-order valence-corrected chi connectivity index (χ4v) is 2.14. The summed E-state index contributed by atoms with van der Waals surface area (Å²) in [4.78, 5) is 23.2. The van der Waals surface area contributed by atoms with Crippen LogP contribution in [0, 0.1) is 0 Å². The van der Waals surface area contributed by atoms with Gasteiger partial charge in [0.25, 0.3) is 11.5 Å². The van der Waals surface area contributed by atoms with Crippen molar-refractivity contribution in [3.8, 4) is 0 Å². The molecule has 2 aromatic rings. The molecule has 0 unspecified atom stereocenters. The molecule has 0 bridgehead atoms. The molecule has 0 saturated carbocycles. The van der Waals surface area contributed by atoms with Crippen molar-refractivity contribution in [1.29, 1.82) is 0 Å². The molecule has 0 spiro atoms. The van der Waals surface area contributed by atoms with Crippen LogP contribution >= 0.6 is 11.6 Å². The van der Waals surface area contributed by atoms with E-state index >= 15 is 0 Å².